The molecular weight excluding hydrogens is 248 g/mol. The average molecular weight is 268 g/mol. The first-order chi connectivity index (χ1) is 8.55. The third kappa shape index (κ3) is 4.08. The molecule has 1 aliphatic rings. The van der Waals surface area contributed by atoms with Crippen LogP contribution in [0.25, 0.3) is 0 Å². The second-order valence-electron chi connectivity index (χ2n) is 4.89. The van der Waals surface area contributed by atoms with Gasteiger partial charge in [-0.2, -0.15) is 0 Å². The summed E-state index contributed by atoms with van der Waals surface area (Å²) >= 11 is 0. The summed E-state index contributed by atoms with van der Waals surface area (Å²) in [5.41, 5.74) is 1.93. The van der Waals surface area contributed by atoms with E-state index in [2.05, 4.69) is 10.0 Å². The number of hydrogen-bond acceptors (Lipinski definition) is 3. The van der Waals surface area contributed by atoms with Crippen LogP contribution >= 0.6 is 0 Å². The van der Waals surface area contributed by atoms with Gasteiger partial charge in [0.25, 0.3) is 0 Å². The Bertz CT molecular complexity index is 493. The van der Waals surface area contributed by atoms with E-state index in [9.17, 15) is 8.42 Å². The average Bonchev–Trinajstić information content (AvgIpc) is 2.28. The van der Waals surface area contributed by atoms with E-state index in [1.807, 2.05) is 31.2 Å². The van der Waals surface area contributed by atoms with Gasteiger partial charge in [-0.15, -0.1) is 0 Å². The molecule has 1 fully saturated rings. The van der Waals surface area contributed by atoms with Gasteiger partial charge in [-0.1, -0.05) is 29.8 Å². The van der Waals surface area contributed by atoms with Crippen LogP contribution in [0.4, 0.5) is 0 Å². The second-order valence-corrected chi connectivity index (χ2v) is 6.64. The number of nitrogens with one attached hydrogen (secondary N) is 2. The number of hydrogen-bond donors (Lipinski definition) is 2. The molecule has 0 amide bonds. The molecule has 0 atom stereocenters. The van der Waals surface area contributed by atoms with Crippen LogP contribution in [0.2, 0.25) is 0 Å². The first-order valence-electron chi connectivity index (χ1n) is 6.31. The van der Waals surface area contributed by atoms with E-state index >= 15 is 0 Å². The normalized spacial score (nSPS) is 17.8. The van der Waals surface area contributed by atoms with Crippen LogP contribution in [0.15, 0.2) is 24.3 Å². The highest BCUT2D eigenvalue weighted by molar-refractivity contribution is 7.88. The lowest BCUT2D eigenvalue weighted by molar-refractivity contribution is 0.427. The smallest absolute Gasteiger partial charge is 0.216 e. The predicted octanol–water partition coefficient (Wildman–Crippen LogP) is 1.17. The van der Waals surface area contributed by atoms with Crippen molar-refractivity contribution in [1.82, 2.24) is 10.0 Å². The molecule has 18 heavy (non-hydrogen) atoms. The first-order valence-corrected chi connectivity index (χ1v) is 7.97. The lowest BCUT2D eigenvalue weighted by Crippen LogP contribution is -2.43. The summed E-state index contributed by atoms with van der Waals surface area (Å²) in [7, 11) is -3.23. The SMILES string of the molecule is Cc1cccc(CS(=O)(=O)NC2CCNCC2)c1. The van der Waals surface area contributed by atoms with Crippen LogP contribution in [0.1, 0.15) is 24.0 Å². The highest BCUT2D eigenvalue weighted by atomic mass is 32.2. The molecule has 4 nitrogen and oxygen atoms in total. The molecule has 0 aromatic heterocycles. The van der Waals surface area contributed by atoms with E-state index in [-0.39, 0.29) is 11.8 Å². The summed E-state index contributed by atoms with van der Waals surface area (Å²) in [6.45, 7) is 3.74. The molecule has 0 bridgehead atoms. The van der Waals surface area contributed by atoms with Gasteiger partial charge in [0.1, 0.15) is 0 Å². The van der Waals surface area contributed by atoms with Crippen molar-refractivity contribution >= 4 is 10.0 Å². The molecule has 1 aromatic rings. The minimum atomic E-state index is -3.23. The number of rotatable bonds is 4. The van der Waals surface area contributed by atoms with E-state index in [1.54, 1.807) is 0 Å². The van der Waals surface area contributed by atoms with Crippen molar-refractivity contribution in [3.8, 4) is 0 Å². The van der Waals surface area contributed by atoms with Crippen LogP contribution in [0, 0.1) is 6.92 Å². The molecule has 1 saturated heterocycles. The third-order valence-corrected chi connectivity index (χ3v) is 4.53. The van der Waals surface area contributed by atoms with Crippen molar-refractivity contribution in [2.75, 3.05) is 13.1 Å². The highest BCUT2D eigenvalue weighted by Crippen LogP contribution is 2.10. The lowest BCUT2D eigenvalue weighted by atomic mass is 10.1. The van der Waals surface area contributed by atoms with Crippen molar-refractivity contribution in [3.05, 3.63) is 35.4 Å². The van der Waals surface area contributed by atoms with Gasteiger partial charge in [-0.3, -0.25) is 0 Å². The molecule has 0 unspecified atom stereocenters. The molecule has 0 spiro atoms. The Hall–Kier alpha value is -0.910. The summed E-state index contributed by atoms with van der Waals surface area (Å²) in [5, 5.41) is 3.22. The summed E-state index contributed by atoms with van der Waals surface area (Å²) in [5.74, 6) is 0.0681. The molecule has 0 saturated carbocycles. The molecule has 1 aromatic carbocycles. The number of aryl methyl sites for hydroxylation is 1. The zero-order chi connectivity index (χ0) is 13.0. The van der Waals surface area contributed by atoms with Crippen molar-refractivity contribution < 1.29 is 8.42 Å². The first kappa shape index (κ1) is 13.5. The highest BCUT2D eigenvalue weighted by Gasteiger charge is 2.20. The van der Waals surface area contributed by atoms with Gasteiger partial charge in [0.15, 0.2) is 0 Å². The summed E-state index contributed by atoms with van der Waals surface area (Å²) in [6.07, 6.45) is 1.74. The van der Waals surface area contributed by atoms with Crippen LogP contribution in [-0.4, -0.2) is 27.5 Å². The van der Waals surface area contributed by atoms with Gasteiger partial charge in [0.05, 0.1) is 5.75 Å². The number of sulfonamides is 1. The van der Waals surface area contributed by atoms with Crippen LogP contribution < -0.4 is 10.0 Å². The van der Waals surface area contributed by atoms with E-state index < -0.39 is 10.0 Å². The third-order valence-electron chi connectivity index (χ3n) is 3.12. The predicted molar refractivity (Wildman–Crippen MR) is 72.8 cm³/mol. The van der Waals surface area contributed by atoms with Gasteiger partial charge in [0, 0.05) is 6.04 Å². The molecular formula is C13H20N2O2S. The maximum atomic E-state index is 12.0. The fraction of sp³-hybridized carbons (Fsp3) is 0.538. The zero-order valence-electron chi connectivity index (χ0n) is 10.6. The Morgan fingerprint density at radius 3 is 2.72 bits per heavy atom. The van der Waals surface area contributed by atoms with E-state index in [0.29, 0.717) is 0 Å². The summed E-state index contributed by atoms with van der Waals surface area (Å²) in [6, 6.07) is 7.72. The van der Waals surface area contributed by atoms with Crippen molar-refractivity contribution in [2.24, 2.45) is 0 Å². The van der Waals surface area contributed by atoms with Gasteiger partial charge in [0.2, 0.25) is 10.0 Å². The second kappa shape index (κ2) is 5.82. The molecule has 1 aliphatic heterocycles. The number of benzene rings is 1. The maximum Gasteiger partial charge on any atom is 0.216 e. The van der Waals surface area contributed by atoms with Crippen LogP contribution in [-0.2, 0) is 15.8 Å². The molecule has 2 N–H and O–H groups in total. The van der Waals surface area contributed by atoms with Gasteiger partial charge in [-0.05, 0) is 38.4 Å². The Labute approximate surface area is 109 Å². The van der Waals surface area contributed by atoms with Crippen molar-refractivity contribution in [2.45, 2.75) is 31.6 Å². The zero-order valence-corrected chi connectivity index (χ0v) is 11.5. The Kier molecular flexibility index (Phi) is 4.37. The summed E-state index contributed by atoms with van der Waals surface area (Å²) < 4.78 is 26.9. The minimum Gasteiger partial charge on any atom is -0.317 e. The van der Waals surface area contributed by atoms with Crippen molar-refractivity contribution in [3.63, 3.8) is 0 Å². The monoisotopic (exact) mass is 268 g/mol. The molecule has 100 valence electrons. The lowest BCUT2D eigenvalue weighted by Gasteiger charge is -2.23. The molecule has 0 aliphatic carbocycles. The molecule has 2 rings (SSSR count). The Morgan fingerprint density at radius 2 is 2.06 bits per heavy atom. The fourth-order valence-electron chi connectivity index (χ4n) is 2.26. The maximum absolute atomic E-state index is 12.0. The van der Waals surface area contributed by atoms with Crippen LogP contribution in [0.5, 0.6) is 0 Å². The van der Waals surface area contributed by atoms with Gasteiger partial charge < -0.3 is 5.32 Å². The largest absolute Gasteiger partial charge is 0.317 e. The van der Waals surface area contributed by atoms with Crippen LogP contribution in [0.3, 0.4) is 0 Å². The minimum absolute atomic E-state index is 0.0681. The Balaban J connectivity index is 1.98. The quantitative estimate of drug-likeness (QED) is 0.862. The van der Waals surface area contributed by atoms with E-state index in [0.717, 1.165) is 37.1 Å². The standard InChI is InChI=1S/C13H20N2O2S/c1-11-3-2-4-12(9-11)10-18(16,17)15-13-5-7-14-8-6-13/h2-4,9,13-15H,5-8,10H2,1H3. The molecule has 5 heteroatoms. The fourth-order valence-corrected chi connectivity index (χ4v) is 3.70. The molecule has 1 heterocycles. The number of piperidine rings is 1. The Morgan fingerprint density at radius 1 is 1.33 bits per heavy atom. The van der Waals surface area contributed by atoms with E-state index in [1.165, 1.54) is 0 Å². The summed E-state index contributed by atoms with van der Waals surface area (Å²) in [4.78, 5) is 0. The van der Waals surface area contributed by atoms with Gasteiger partial charge in [-0.25, -0.2) is 13.1 Å². The molecule has 0 radical (unpaired) electrons. The topological polar surface area (TPSA) is 58.2 Å². The van der Waals surface area contributed by atoms with E-state index in [4.69, 9.17) is 0 Å². The van der Waals surface area contributed by atoms with Crippen molar-refractivity contribution in [1.29, 1.82) is 0 Å². The van der Waals surface area contributed by atoms with Gasteiger partial charge >= 0.3 is 0 Å².